The van der Waals surface area contributed by atoms with Gasteiger partial charge in [-0.3, -0.25) is 0 Å². The Morgan fingerprint density at radius 2 is 1.78 bits per heavy atom. The van der Waals surface area contributed by atoms with E-state index in [1.807, 2.05) is 24.3 Å². The number of halogens is 1. The smallest absolute Gasteiger partial charge is 0.347 e. The Kier molecular flexibility index (Phi) is 5.61. The van der Waals surface area contributed by atoms with Crippen molar-refractivity contribution in [3.05, 3.63) is 64.7 Å². The first-order valence-electron chi connectivity index (χ1n) is 7.13. The van der Waals surface area contributed by atoms with E-state index in [9.17, 15) is 4.79 Å². The zero-order chi connectivity index (χ0) is 16.8. The van der Waals surface area contributed by atoms with Crippen LogP contribution in [0.4, 0.5) is 0 Å². The molecule has 4 nitrogen and oxygen atoms in total. The van der Waals surface area contributed by atoms with Crippen LogP contribution >= 0.6 is 11.6 Å². The number of carbonyl (C=O) groups excluding carboxylic acids is 1. The summed E-state index contributed by atoms with van der Waals surface area (Å²) in [6, 6.07) is 15.8. The van der Waals surface area contributed by atoms with E-state index in [0.29, 0.717) is 16.3 Å². The summed E-state index contributed by atoms with van der Waals surface area (Å²) in [6.07, 6.45) is -1.24. The van der Waals surface area contributed by atoms with Crippen molar-refractivity contribution in [1.82, 2.24) is 0 Å². The first-order valence-corrected chi connectivity index (χ1v) is 7.51. The summed E-state index contributed by atoms with van der Waals surface area (Å²) in [4.78, 5) is 12.1. The van der Waals surface area contributed by atoms with E-state index in [0.717, 1.165) is 5.56 Å². The number of esters is 1. The Morgan fingerprint density at radius 3 is 2.39 bits per heavy atom. The maximum atomic E-state index is 12.1. The minimum atomic E-state index is -0.770. The quantitative estimate of drug-likeness (QED) is 0.768. The van der Waals surface area contributed by atoms with Crippen molar-refractivity contribution in [2.24, 2.45) is 0 Å². The molecular formula is C18H16ClNO3. The lowest BCUT2D eigenvalue weighted by molar-refractivity contribution is -0.156. The van der Waals surface area contributed by atoms with Crippen LogP contribution in [0.5, 0.6) is 5.75 Å². The number of benzene rings is 2. The molecule has 0 spiro atoms. The van der Waals surface area contributed by atoms with Crippen molar-refractivity contribution in [3.63, 3.8) is 0 Å². The van der Waals surface area contributed by atoms with Gasteiger partial charge in [0.2, 0.25) is 0 Å². The third-order valence-electron chi connectivity index (χ3n) is 3.26. The van der Waals surface area contributed by atoms with E-state index >= 15 is 0 Å². The van der Waals surface area contributed by atoms with Crippen molar-refractivity contribution in [1.29, 1.82) is 5.26 Å². The van der Waals surface area contributed by atoms with Crippen LogP contribution in [0.3, 0.4) is 0 Å². The Bertz CT molecular complexity index is 722. The predicted octanol–water partition coefficient (Wildman–Crippen LogP) is 4.28. The third kappa shape index (κ3) is 4.48. The Hall–Kier alpha value is -2.51. The molecular weight excluding hydrogens is 314 g/mol. The Balaban J connectivity index is 1.97. The summed E-state index contributed by atoms with van der Waals surface area (Å²) < 4.78 is 10.9. The molecule has 0 N–H and O–H groups in total. The van der Waals surface area contributed by atoms with Crippen LogP contribution in [-0.2, 0) is 9.53 Å². The Morgan fingerprint density at radius 1 is 1.13 bits per heavy atom. The largest absolute Gasteiger partial charge is 0.479 e. The lowest BCUT2D eigenvalue weighted by Crippen LogP contribution is -2.27. The topological polar surface area (TPSA) is 59.3 Å². The lowest BCUT2D eigenvalue weighted by atomic mass is 10.1. The van der Waals surface area contributed by atoms with Crippen molar-refractivity contribution in [2.75, 3.05) is 0 Å². The van der Waals surface area contributed by atoms with Crippen molar-refractivity contribution in [3.8, 4) is 11.8 Å². The highest BCUT2D eigenvalue weighted by Gasteiger charge is 2.21. The Labute approximate surface area is 140 Å². The number of nitrogens with zero attached hydrogens (tertiary/aromatic N) is 1. The summed E-state index contributed by atoms with van der Waals surface area (Å²) in [5.74, 6) is 0.0145. The molecule has 2 atom stereocenters. The van der Waals surface area contributed by atoms with Crippen molar-refractivity contribution >= 4 is 17.6 Å². The molecule has 23 heavy (non-hydrogen) atoms. The van der Waals surface area contributed by atoms with Gasteiger partial charge in [-0.25, -0.2) is 4.79 Å². The highest BCUT2D eigenvalue weighted by Crippen LogP contribution is 2.25. The van der Waals surface area contributed by atoms with Crippen LogP contribution in [-0.4, -0.2) is 12.1 Å². The van der Waals surface area contributed by atoms with Gasteiger partial charge >= 0.3 is 5.97 Å². The standard InChI is InChI=1S/C18H16ClNO3/c1-12(16-5-3-4-6-17(16)19)23-18(21)13(2)22-15-9-7-14(11-20)8-10-15/h3-10,12-13H,1-2H3/t12-,13-/m0/s1. The lowest BCUT2D eigenvalue weighted by Gasteiger charge is -2.19. The van der Waals surface area contributed by atoms with Gasteiger partial charge in [0, 0.05) is 10.6 Å². The maximum Gasteiger partial charge on any atom is 0.347 e. The fourth-order valence-electron chi connectivity index (χ4n) is 2.00. The molecule has 5 heteroatoms. The zero-order valence-electron chi connectivity index (χ0n) is 12.8. The van der Waals surface area contributed by atoms with Crippen LogP contribution < -0.4 is 4.74 Å². The van der Waals surface area contributed by atoms with Gasteiger partial charge in [0.1, 0.15) is 11.9 Å². The molecule has 0 radical (unpaired) electrons. The fourth-order valence-corrected chi connectivity index (χ4v) is 2.29. The molecule has 0 bridgehead atoms. The van der Waals surface area contributed by atoms with Gasteiger partial charge in [0.15, 0.2) is 6.10 Å². The van der Waals surface area contributed by atoms with Crippen LogP contribution in [0.25, 0.3) is 0 Å². The second-order valence-corrected chi connectivity index (χ2v) is 5.40. The minimum Gasteiger partial charge on any atom is -0.479 e. The molecule has 0 aromatic heterocycles. The maximum absolute atomic E-state index is 12.1. The molecule has 2 aromatic carbocycles. The number of nitriles is 1. The molecule has 118 valence electrons. The molecule has 0 heterocycles. The minimum absolute atomic E-state index is 0.469. The van der Waals surface area contributed by atoms with Crippen LogP contribution in [0.2, 0.25) is 5.02 Å². The first kappa shape index (κ1) is 16.9. The van der Waals surface area contributed by atoms with Gasteiger partial charge in [0.25, 0.3) is 0 Å². The second kappa shape index (κ2) is 7.66. The van der Waals surface area contributed by atoms with Crippen LogP contribution in [0, 0.1) is 11.3 Å². The average Bonchev–Trinajstić information content (AvgIpc) is 2.55. The van der Waals surface area contributed by atoms with E-state index in [2.05, 4.69) is 0 Å². The number of carbonyl (C=O) groups is 1. The number of hydrogen-bond acceptors (Lipinski definition) is 4. The summed E-state index contributed by atoms with van der Waals surface area (Å²) in [5, 5.41) is 9.30. The molecule has 0 saturated heterocycles. The molecule has 2 rings (SSSR count). The van der Waals surface area contributed by atoms with Gasteiger partial charge in [-0.15, -0.1) is 0 Å². The fraction of sp³-hybridized carbons (Fsp3) is 0.222. The highest BCUT2D eigenvalue weighted by molar-refractivity contribution is 6.31. The number of rotatable bonds is 5. The van der Waals surface area contributed by atoms with E-state index in [-0.39, 0.29) is 0 Å². The zero-order valence-corrected chi connectivity index (χ0v) is 13.6. The second-order valence-electron chi connectivity index (χ2n) is 5.00. The van der Waals surface area contributed by atoms with Gasteiger partial charge in [-0.1, -0.05) is 29.8 Å². The van der Waals surface area contributed by atoms with Gasteiger partial charge < -0.3 is 9.47 Å². The van der Waals surface area contributed by atoms with Crippen molar-refractivity contribution < 1.29 is 14.3 Å². The molecule has 0 aliphatic carbocycles. The van der Waals surface area contributed by atoms with Crippen LogP contribution in [0.15, 0.2) is 48.5 Å². The van der Waals surface area contributed by atoms with E-state index in [1.54, 1.807) is 44.2 Å². The van der Waals surface area contributed by atoms with Gasteiger partial charge in [-0.2, -0.15) is 5.26 Å². The molecule has 0 saturated carbocycles. The molecule has 0 amide bonds. The monoisotopic (exact) mass is 329 g/mol. The normalized spacial score (nSPS) is 12.8. The molecule has 2 aromatic rings. The van der Waals surface area contributed by atoms with E-state index < -0.39 is 18.2 Å². The SMILES string of the molecule is C[C@H](Oc1ccc(C#N)cc1)C(=O)O[C@@H](C)c1ccccc1Cl. The third-order valence-corrected chi connectivity index (χ3v) is 3.61. The van der Waals surface area contributed by atoms with Gasteiger partial charge in [-0.05, 0) is 44.2 Å². The summed E-state index contributed by atoms with van der Waals surface area (Å²) in [7, 11) is 0. The summed E-state index contributed by atoms with van der Waals surface area (Å²) >= 11 is 6.09. The number of ether oxygens (including phenoxy) is 2. The molecule has 0 aliphatic heterocycles. The van der Waals surface area contributed by atoms with Crippen molar-refractivity contribution in [2.45, 2.75) is 26.1 Å². The van der Waals surface area contributed by atoms with E-state index in [4.69, 9.17) is 26.3 Å². The average molecular weight is 330 g/mol. The van der Waals surface area contributed by atoms with E-state index in [1.165, 1.54) is 0 Å². The summed E-state index contributed by atoms with van der Waals surface area (Å²) in [5.41, 5.74) is 1.27. The summed E-state index contributed by atoms with van der Waals surface area (Å²) in [6.45, 7) is 3.37. The highest BCUT2D eigenvalue weighted by atomic mass is 35.5. The molecule has 0 aliphatic rings. The first-order chi connectivity index (χ1) is 11.0. The molecule has 0 fully saturated rings. The van der Waals surface area contributed by atoms with Crippen LogP contribution in [0.1, 0.15) is 31.1 Å². The predicted molar refractivity (Wildman–Crippen MR) is 87.2 cm³/mol. The number of hydrogen-bond donors (Lipinski definition) is 0. The van der Waals surface area contributed by atoms with Gasteiger partial charge in [0.05, 0.1) is 11.6 Å². The molecule has 0 unspecified atom stereocenters.